The molecule has 0 radical (unpaired) electrons. The van der Waals surface area contributed by atoms with Crippen molar-refractivity contribution < 1.29 is 9.13 Å². The summed E-state index contributed by atoms with van der Waals surface area (Å²) in [7, 11) is 0. The van der Waals surface area contributed by atoms with Crippen molar-refractivity contribution in [3.63, 3.8) is 0 Å². The first-order chi connectivity index (χ1) is 13.7. The zero-order valence-corrected chi connectivity index (χ0v) is 16.1. The van der Waals surface area contributed by atoms with E-state index >= 15 is 0 Å². The van der Waals surface area contributed by atoms with Crippen LogP contribution in [0.15, 0.2) is 67.3 Å². The van der Waals surface area contributed by atoms with E-state index < -0.39 is 6.17 Å². The number of aromatic nitrogens is 1. The van der Waals surface area contributed by atoms with Gasteiger partial charge < -0.3 is 4.74 Å². The molecule has 0 saturated heterocycles. The maximum Gasteiger partial charge on any atom is 0.119 e. The molecule has 0 bridgehead atoms. The summed E-state index contributed by atoms with van der Waals surface area (Å²) in [5.74, 6) is 7.10. The van der Waals surface area contributed by atoms with Crippen LogP contribution < -0.4 is 4.74 Å². The molecule has 2 aromatic carbocycles. The fourth-order valence-corrected chi connectivity index (χ4v) is 2.88. The Hall–Kier alpha value is -3.12. The number of pyridine rings is 1. The second kappa shape index (κ2) is 9.71. The van der Waals surface area contributed by atoms with Gasteiger partial charge in [0, 0.05) is 22.9 Å². The standard InChI is InChI=1S/C25H24FNO/c1-3-17-28-23-13-10-21(11-14-23)24-16-12-22-18-20(9-15-25(22)27-24)8-6-4-5-7-19(2)26/h3,9-16,18-19H,1,4-5,7,17H2,2H3. The molecule has 0 saturated carbocycles. The van der Waals surface area contributed by atoms with Gasteiger partial charge in [-0.25, -0.2) is 9.37 Å². The Morgan fingerprint density at radius 2 is 1.96 bits per heavy atom. The molecule has 0 N–H and O–H groups in total. The van der Waals surface area contributed by atoms with Crippen molar-refractivity contribution in [1.29, 1.82) is 0 Å². The van der Waals surface area contributed by atoms with E-state index in [1.807, 2.05) is 48.5 Å². The van der Waals surface area contributed by atoms with Gasteiger partial charge in [0.1, 0.15) is 12.4 Å². The molecule has 1 heterocycles. The van der Waals surface area contributed by atoms with Gasteiger partial charge >= 0.3 is 0 Å². The molecule has 1 unspecified atom stereocenters. The van der Waals surface area contributed by atoms with E-state index in [1.165, 1.54) is 0 Å². The first-order valence-corrected chi connectivity index (χ1v) is 9.53. The van der Waals surface area contributed by atoms with E-state index in [0.29, 0.717) is 13.0 Å². The minimum Gasteiger partial charge on any atom is -0.490 e. The summed E-state index contributed by atoms with van der Waals surface area (Å²) < 4.78 is 18.3. The lowest BCUT2D eigenvalue weighted by atomic mass is 10.1. The van der Waals surface area contributed by atoms with Crippen LogP contribution in [0.25, 0.3) is 22.2 Å². The SMILES string of the molecule is C=CCOc1ccc(-c2ccc3cc(C#CCCCC(C)F)ccc3n2)cc1. The maximum atomic E-state index is 12.8. The molecule has 0 aliphatic carbocycles. The third kappa shape index (κ3) is 5.44. The van der Waals surface area contributed by atoms with Gasteiger partial charge in [0.25, 0.3) is 0 Å². The topological polar surface area (TPSA) is 22.1 Å². The zero-order chi connectivity index (χ0) is 19.8. The molecule has 142 valence electrons. The number of benzene rings is 2. The number of rotatable bonds is 7. The highest BCUT2D eigenvalue weighted by Crippen LogP contribution is 2.24. The van der Waals surface area contributed by atoms with Gasteiger partial charge in [-0.1, -0.05) is 30.6 Å². The van der Waals surface area contributed by atoms with Crippen molar-refractivity contribution >= 4 is 10.9 Å². The Morgan fingerprint density at radius 1 is 1.14 bits per heavy atom. The molecule has 3 heteroatoms. The lowest BCUT2D eigenvalue weighted by molar-refractivity contribution is 0.336. The third-order valence-electron chi connectivity index (χ3n) is 4.34. The number of hydrogen-bond acceptors (Lipinski definition) is 2. The molecule has 1 atom stereocenters. The Morgan fingerprint density at radius 3 is 2.71 bits per heavy atom. The first-order valence-electron chi connectivity index (χ1n) is 9.53. The number of nitrogens with zero attached hydrogens (tertiary/aromatic N) is 1. The number of ether oxygens (including phenoxy) is 1. The second-order valence-corrected chi connectivity index (χ2v) is 6.70. The number of fused-ring (bicyclic) bond motifs is 1. The lowest BCUT2D eigenvalue weighted by Crippen LogP contribution is -1.92. The van der Waals surface area contributed by atoms with Crippen LogP contribution in [0.3, 0.4) is 0 Å². The van der Waals surface area contributed by atoms with Crippen molar-refractivity contribution in [2.75, 3.05) is 6.61 Å². The minimum absolute atomic E-state index is 0.494. The van der Waals surface area contributed by atoms with Gasteiger partial charge in [-0.2, -0.15) is 0 Å². The normalized spacial score (nSPS) is 11.5. The van der Waals surface area contributed by atoms with Crippen LogP contribution >= 0.6 is 0 Å². The summed E-state index contributed by atoms with van der Waals surface area (Å²) in [5.41, 5.74) is 3.85. The first kappa shape index (κ1) is 19.6. The van der Waals surface area contributed by atoms with Crippen molar-refractivity contribution in [2.24, 2.45) is 0 Å². The predicted molar refractivity (Wildman–Crippen MR) is 114 cm³/mol. The van der Waals surface area contributed by atoms with E-state index in [0.717, 1.165) is 46.3 Å². The highest BCUT2D eigenvalue weighted by Gasteiger charge is 2.03. The Labute approximate surface area is 166 Å². The molecule has 0 aliphatic rings. The summed E-state index contributed by atoms with van der Waals surface area (Å²) in [6, 6.07) is 18.0. The largest absolute Gasteiger partial charge is 0.490 e. The monoisotopic (exact) mass is 373 g/mol. The molecule has 28 heavy (non-hydrogen) atoms. The molecule has 0 fully saturated rings. The Bertz CT molecular complexity index is 996. The number of unbranched alkanes of at least 4 members (excludes halogenated alkanes) is 1. The summed E-state index contributed by atoms with van der Waals surface area (Å²) in [5, 5.41) is 1.05. The third-order valence-corrected chi connectivity index (χ3v) is 4.34. The molecule has 2 nitrogen and oxygen atoms in total. The van der Waals surface area contributed by atoms with Crippen molar-refractivity contribution in [1.82, 2.24) is 4.98 Å². The molecular weight excluding hydrogens is 349 g/mol. The summed E-state index contributed by atoms with van der Waals surface area (Å²) >= 11 is 0. The number of hydrogen-bond donors (Lipinski definition) is 0. The van der Waals surface area contributed by atoms with E-state index in [9.17, 15) is 4.39 Å². The van der Waals surface area contributed by atoms with Crippen LogP contribution in [0.4, 0.5) is 4.39 Å². The van der Waals surface area contributed by atoms with Gasteiger partial charge in [0.05, 0.1) is 17.4 Å². The quantitative estimate of drug-likeness (QED) is 0.274. The predicted octanol–water partition coefficient (Wildman–Crippen LogP) is 6.35. The molecule has 0 spiro atoms. The van der Waals surface area contributed by atoms with Crippen LogP contribution in [0.5, 0.6) is 5.75 Å². The maximum absolute atomic E-state index is 12.8. The summed E-state index contributed by atoms with van der Waals surface area (Å²) in [6.07, 6.45) is 3.05. The Kier molecular flexibility index (Phi) is 6.81. The average molecular weight is 373 g/mol. The molecule has 3 rings (SSSR count). The molecule has 1 aromatic heterocycles. The van der Waals surface area contributed by atoms with E-state index in [1.54, 1.807) is 13.0 Å². The molecule has 0 amide bonds. The van der Waals surface area contributed by atoms with Gasteiger partial charge in [0.2, 0.25) is 0 Å². The smallest absolute Gasteiger partial charge is 0.119 e. The second-order valence-electron chi connectivity index (χ2n) is 6.70. The van der Waals surface area contributed by atoms with Gasteiger partial charge in [0.15, 0.2) is 0 Å². The van der Waals surface area contributed by atoms with E-state index in [-0.39, 0.29) is 0 Å². The van der Waals surface area contributed by atoms with E-state index in [2.05, 4.69) is 24.5 Å². The fourth-order valence-electron chi connectivity index (χ4n) is 2.88. The summed E-state index contributed by atoms with van der Waals surface area (Å²) in [4.78, 5) is 4.76. The summed E-state index contributed by atoms with van der Waals surface area (Å²) in [6.45, 7) is 5.73. The van der Waals surface area contributed by atoms with Gasteiger partial charge in [-0.05, 0) is 68.3 Å². The van der Waals surface area contributed by atoms with E-state index in [4.69, 9.17) is 9.72 Å². The van der Waals surface area contributed by atoms with Crippen LogP contribution in [0, 0.1) is 11.8 Å². The van der Waals surface area contributed by atoms with Gasteiger partial charge in [-0.15, -0.1) is 0 Å². The average Bonchev–Trinajstić information content (AvgIpc) is 2.71. The zero-order valence-electron chi connectivity index (χ0n) is 16.1. The molecule has 0 aliphatic heterocycles. The number of halogens is 1. The molecule has 3 aromatic rings. The number of alkyl halides is 1. The Balaban J connectivity index is 1.72. The highest BCUT2D eigenvalue weighted by molar-refractivity contribution is 5.83. The van der Waals surface area contributed by atoms with Crippen molar-refractivity contribution in [3.8, 4) is 28.8 Å². The molecular formula is C25H24FNO. The van der Waals surface area contributed by atoms with Crippen LogP contribution in [-0.4, -0.2) is 17.8 Å². The lowest BCUT2D eigenvalue weighted by Gasteiger charge is -2.06. The fraction of sp³-hybridized carbons (Fsp3) is 0.240. The van der Waals surface area contributed by atoms with Crippen molar-refractivity contribution in [2.45, 2.75) is 32.4 Å². The van der Waals surface area contributed by atoms with Crippen LogP contribution in [0.2, 0.25) is 0 Å². The van der Waals surface area contributed by atoms with Gasteiger partial charge in [-0.3, -0.25) is 0 Å². The van der Waals surface area contributed by atoms with Crippen molar-refractivity contribution in [3.05, 3.63) is 72.8 Å². The van der Waals surface area contributed by atoms with Crippen LogP contribution in [0.1, 0.15) is 31.7 Å². The minimum atomic E-state index is -0.751. The van der Waals surface area contributed by atoms with Crippen LogP contribution in [-0.2, 0) is 0 Å². The highest BCUT2D eigenvalue weighted by atomic mass is 19.1.